The Bertz CT molecular complexity index is 1450. The molecule has 2 aromatic carbocycles. The lowest BCUT2D eigenvalue weighted by molar-refractivity contribution is -0.123. The number of hydrogen-bond donors (Lipinski definition) is 6. The zero-order chi connectivity index (χ0) is 33.5. The third kappa shape index (κ3) is 11.2. The molecular formula is C33H44F2N6O4. The lowest BCUT2D eigenvalue weighted by Gasteiger charge is -2.16. The van der Waals surface area contributed by atoms with Gasteiger partial charge in [0.25, 0.3) is 5.91 Å². The van der Waals surface area contributed by atoms with E-state index in [1.807, 2.05) is 19.9 Å². The quantitative estimate of drug-likeness (QED) is 0.124. The fraction of sp³-hybridized carbons (Fsp3) is 0.394. The molecule has 0 aromatic heterocycles. The Hall–Kier alpha value is -4.42. The SMILES string of the molecule is C/C=C\N=C(Nc1ccc(C(=O)NCC(O)CNC(=O)CC(O)CC)c(CC)c1)C(C)=N/C=C(\C)c1ccc(NC)c(F)c1F. The maximum absolute atomic E-state index is 14.6. The van der Waals surface area contributed by atoms with E-state index in [1.54, 1.807) is 45.2 Å². The first-order chi connectivity index (χ1) is 21.4. The molecule has 0 fully saturated rings. The molecule has 6 N–H and O–H groups in total. The van der Waals surface area contributed by atoms with Crippen molar-refractivity contribution in [1.82, 2.24) is 10.6 Å². The Morgan fingerprint density at radius 3 is 2.29 bits per heavy atom. The number of carbonyl (C=O) groups is 2. The zero-order valence-corrected chi connectivity index (χ0v) is 26.7. The number of nitrogens with zero attached hydrogens (tertiary/aromatic N) is 2. The van der Waals surface area contributed by atoms with Crippen LogP contribution >= 0.6 is 0 Å². The normalized spacial score (nSPS) is 13.9. The maximum atomic E-state index is 14.6. The summed E-state index contributed by atoms with van der Waals surface area (Å²) in [5.41, 5.74) is 2.87. The van der Waals surface area contributed by atoms with Crippen molar-refractivity contribution < 1.29 is 28.6 Å². The predicted octanol–water partition coefficient (Wildman–Crippen LogP) is 4.80. The highest BCUT2D eigenvalue weighted by Crippen LogP contribution is 2.25. The minimum Gasteiger partial charge on any atom is -0.393 e. The smallest absolute Gasteiger partial charge is 0.251 e. The molecule has 0 aliphatic carbocycles. The monoisotopic (exact) mass is 626 g/mol. The molecule has 0 aliphatic rings. The van der Waals surface area contributed by atoms with Gasteiger partial charge >= 0.3 is 0 Å². The van der Waals surface area contributed by atoms with E-state index >= 15 is 0 Å². The highest BCUT2D eigenvalue weighted by Gasteiger charge is 2.16. The molecule has 2 aromatic rings. The van der Waals surface area contributed by atoms with Gasteiger partial charge in [-0.05, 0) is 75.1 Å². The maximum Gasteiger partial charge on any atom is 0.251 e. The molecule has 45 heavy (non-hydrogen) atoms. The lowest BCUT2D eigenvalue weighted by Crippen LogP contribution is -2.40. The van der Waals surface area contributed by atoms with Crippen LogP contribution in [0.15, 0.2) is 58.8 Å². The number of benzene rings is 2. The number of amides is 2. The number of aliphatic hydroxyl groups is 2. The second kappa shape index (κ2) is 18.4. The van der Waals surface area contributed by atoms with E-state index in [-0.39, 0.29) is 42.6 Å². The Labute approximate surface area is 263 Å². The van der Waals surface area contributed by atoms with Crippen molar-refractivity contribution in [2.24, 2.45) is 9.98 Å². The van der Waals surface area contributed by atoms with Crippen molar-refractivity contribution in [1.29, 1.82) is 0 Å². The van der Waals surface area contributed by atoms with Crippen LogP contribution in [0.3, 0.4) is 0 Å². The molecule has 12 heteroatoms. The number of carbonyl (C=O) groups excluding carboxylic acids is 2. The van der Waals surface area contributed by atoms with E-state index in [0.717, 1.165) is 5.56 Å². The number of aryl methyl sites for hydroxylation is 1. The van der Waals surface area contributed by atoms with Crippen LogP contribution in [0.2, 0.25) is 0 Å². The summed E-state index contributed by atoms with van der Waals surface area (Å²) in [6.45, 7) is 8.72. The number of allylic oxidation sites excluding steroid dienone is 2. The molecule has 0 saturated carbocycles. The summed E-state index contributed by atoms with van der Waals surface area (Å²) in [5.74, 6) is -2.28. The van der Waals surface area contributed by atoms with Crippen molar-refractivity contribution in [3.63, 3.8) is 0 Å². The average molecular weight is 627 g/mol. The number of anilines is 2. The van der Waals surface area contributed by atoms with Crippen LogP contribution in [0.4, 0.5) is 20.2 Å². The van der Waals surface area contributed by atoms with Gasteiger partial charge in [0.1, 0.15) is 0 Å². The Kier molecular flexibility index (Phi) is 15.0. The molecule has 2 unspecified atom stereocenters. The van der Waals surface area contributed by atoms with Gasteiger partial charge in [0, 0.05) is 49.4 Å². The molecule has 2 amide bonds. The molecule has 244 valence electrons. The zero-order valence-electron chi connectivity index (χ0n) is 26.7. The van der Waals surface area contributed by atoms with E-state index in [1.165, 1.54) is 25.4 Å². The van der Waals surface area contributed by atoms with Crippen LogP contribution in [0.25, 0.3) is 5.57 Å². The number of rotatable bonds is 15. The number of aliphatic imine (C=N–C) groups is 2. The molecule has 0 aliphatic heterocycles. The number of hydrogen-bond acceptors (Lipinski definition) is 7. The van der Waals surface area contributed by atoms with Crippen molar-refractivity contribution in [2.75, 3.05) is 30.8 Å². The summed E-state index contributed by atoms with van der Waals surface area (Å²) in [7, 11) is 1.51. The molecule has 2 atom stereocenters. The first kappa shape index (κ1) is 36.8. The summed E-state index contributed by atoms with van der Waals surface area (Å²) in [5, 5.41) is 30.8. The van der Waals surface area contributed by atoms with E-state index in [9.17, 15) is 28.6 Å². The van der Waals surface area contributed by atoms with Gasteiger partial charge in [-0.15, -0.1) is 0 Å². The second-order valence-corrected chi connectivity index (χ2v) is 10.3. The number of aliphatic hydroxyl groups excluding tert-OH is 2. The van der Waals surface area contributed by atoms with Gasteiger partial charge in [-0.2, -0.15) is 0 Å². The molecule has 0 bridgehead atoms. The van der Waals surface area contributed by atoms with Gasteiger partial charge < -0.3 is 31.5 Å². The predicted molar refractivity (Wildman–Crippen MR) is 177 cm³/mol. The standard InChI is InChI=1S/C33H44F2N6O4/c1-7-14-37-32(21(5)38-17-20(4)26-12-13-28(36-6)31(35)30(26)34)41-23-10-11-27(22(8-2)15-23)33(45)40-19-25(43)18-39-29(44)16-24(42)9-3/h7,10-15,17,24-25,36,42-43H,8-9,16,18-19H2,1-6H3,(H,37,41)(H,39,44)(H,40,45)/b14-7-,20-17+,38-21?. The Morgan fingerprint density at radius 1 is 0.956 bits per heavy atom. The van der Waals surface area contributed by atoms with E-state index < -0.39 is 23.8 Å². The minimum absolute atomic E-state index is 0.0501. The van der Waals surface area contributed by atoms with Crippen LogP contribution in [0, 0.1) is 11.6 Å². The third-order valence-electron chi connectivity index (χ3n) is 6.84. The highest BCUT2D eigenvalue weighted by molar-refractivity contribution is 6.45. The van der Waals surface area contributed by atoms with E-state index in [0.29, 0.717) is 41.2 Å². The lowest BCUT2D eigenvalue weighted by atomic mass is 10.0. The van der Waals surface area contributed by atoms with Crippen LogP contribution in [-0.2, 0) is 11.2 Å². The molecule has 10 nitrogen and oxygen atoms in total. The first-order valence-electron chi connectivity index (χ1n) is 14.8. The largest absolute Gasteiger partial charge is 0.393 e. The first-order valence-corrected chi connectivity index (χ1v) is 14.8. The summed E-state index contributed by atoms with van der Waals surface area (Å²) >= 11 is 0. The molecule has 0 heterocycles. The van der Waals surface area contributed by atoms with Gasteiger partial charge in [-0.1, -0.05) is 19.9 Å². The van der Waals surface area contributed by atoms with Crippen molar-refractivity contribution >= 4 is 40.3 Å². The van der Waals surface area contributed by atoms with Crippen molar-refractivity contribution in [2.45, 2.75) is 66.1 Å². The molecular weight excluding hydrogens is 582 g/mol. The summed E-state index contributed by atoms with van der Waals surface area (Å²) in [4.78, 5) is 33.6. The van der Waals surface area contributed by atoms with Crippen molar-refractivity contribution in [3.05, 3.63) is 77.1 Å². The van der Waals surface area contributed by atoms with Gasteiger partial charge in [0.2, 0.25) is 5.91 Å². The summed E-state index contributed by atoms with van der Waals surface area (Å²) in [6, 6.07) is 8.13. The highest BCUT2D eigenvalue weighted by atomic mass is 19.2. The fourth-order valence-corrected chi connectivity index (χ4v) is 4.10. The van der Waals surface area contributed by atoms with Crippen molar-refractivity contribution in [3.8, 4) is 0 Å². The average Bonchev–Trinajstić information content (AvgIpc) is 3.04. The van der Waals surface area contributed by atoms with Gasteiger partial charge in [0.15, 0.2) is 17.5 Å². The number of halogens is 2. The Balaban J connectivity index is 2.15. The third-order valence-corrected chi connectivity index (χ3v) is 6.84. The van der Waals surface area contributed by atoms with Crippen LogP contribution in [-0.4, -0.2) is 65.9 Å². The minimum atomic E-state index is -1.00. The van der Waals surface area contributed by atoms with Gasteiger partial charge in [-0.3, -0.25) is 14.6 Å². The van der Waals surface area contributed by atoms with Crippen LogP contribution < -0.4 is 21.3 Å². The molecule has 0 spiro atoms. The second-order valence-electron chi connectivity index (χ2n) is 10.3. The molecule has 2 rings (SSSR count). The number of nitrogens with one attached hydrogen (secondary N) is 4. The number of amidine groups is 1. The van der Waals surface area contributed by atoms with Gasteiger partial charge in [-0.25, -0.2) is 13.8 Å². The van der Waals surface area contributed by atoms with E-state index in [2.05, 4.69) is 31.3 Å². The fourth-order valence-electron chi connectivity index (χ4n) is 4.10. The molecule has 0 radical (unpaired) electrons. The summed E-state index contributed by atoms with van der Waals surface area (Å²) < 4.78 is 28.8. The molecule has 0 saturated heterocycles. The van der Waals surface area contributed by atoms with E-state index in [4.69, 9.17) is 0 Å². The van der Waals surface area contributed by atoms with Gasteiger partial charge in [0.05, 0.1) is 30.0 Å². The Morgan fingerprint density at radius 2 is 1.64 bits per heavy atom. The van der Waals surface area contributed by atoms with Crippen LogP contribution in [0.5, 0.6) is 0 Å². The van der Waals surface area contributed by atoms with Crippen LogP contribution in [0.1, 0.15) is 68.9 Å². The topological polar surface area (TPSA) is 147 Å². The summed E-state index contributed by atoms with van der Waals surface area (Å²) in [6.07, 6.45) is 3.98.